The topological polar surface area (TPSA) is 66.5 Å². The first kappa shape index (κ1) is 19.3. The van der Waals surface area contributed by atoms with Crippen molar-refractivity contribution in [2.75, 3.05) is 4.90 Å². The van der Waals surface area contributed by atoms with E-state index < -0.39 is 17.0 Å². The molecule has 1 fully saturated rings. The summed E-state index contributed by atoms with van der Waals surface area (Å²) in [4.78, 5) is 39.5. The van der Waals surface area contributed by atoms with Gasteiger partial charge in [-0.25, -0.2) is 0 Å². The van der Waals surface area contributed by atoms with Crippen LogP contribution in [0, 0.1) is 5.41 Å². The smallest absolute Gasteiger partial charge is 0.255 e. The van der Waals surface area contributed by atoms with E-state index in [1.165, 1.54) is 17.1 Å². The van der Waals surface area contributed by atoms with Crippen LogP contribution >= 0.6 is 15.9 Å². The maximum atomic E-state index is 13.2. The molecule has 1 aromatic rings. The minimum Gasteiger partial charge on any atom is -0.350 e. The molecule has 140 valence electrons. The Morgan fingerprint density at radius 3 is 2.22 bits per heavy atom. The van der Waals surface area contributed by atoms with Crippen molar-refractivity contribution in [1.29, 1.82) is 0 Å². The SMILES string of the molecule is C=C1C(=O)N(c2ccc(Br)cc2)[C@@H](C(=O)NC(C)(C)C)C12C=CC(=O)C=C2. The molecule has 3 rings (SSSR count). The average molecular weight is 429 g/mol. The van der Waals surface area contributed by atoms with E-state index in [2.05, 4.69) is 27.8 Å². The van der Waals surface area contributed by atoms with Crippen molar-refractivity contribution in [3.63, 3.8) is 0 Å². The molecule has 1 heterocycles. The predicted molar refractivity (Wildman–Crippen MR) is 108 cm³/mol. The molecular weight excluding hydrogens is 408 g/mol. The summed E-state index contributed by atoms with van der Waals surface area (Å²) >= 11 is 3.38. The van der Waals surface area contributed by atoms with Gasteiger partial charge in [-0.3, -0.25) is 19.3 Å². The second-order valence-electron chi connectivity index (χ2n) is 7.77. The third-order valence-electron chi connectivity index (χ3n) is 4.61. The van der Waals surface area contributed by atoms with Gasteiger partial charge in [0, 0.05) is 21.3 Å². The standard InChI is InChI=1S/C21H21BrN2O3/c1-13-19(27)24(15-7-5-14(22)6-8-15)17(18(26)23-20(2,3)4)21(13)11-9-16(25)10-12-21/h5-12,17H,1H2,2-4H3,(H,23,26)/t17-/m0/s1. The van der Waals surface area contributed by atoms with Gasteiger partial charge in [0.15, 0.2) is 5.78 Å². The summed E-state index contributed by atoms with van der Waals surface area (Å²) in [5, 5.41) is 2.96. The molecule has 0 saturated carbocycles. The molecule has 0 aromatic heterocycles. The highest BCUT2D eigenvalue weighted by Crippen LogP contribution is 2.47. The van der Waals surface area contributed by atoms with Crippen LogP contribution in [0.3, 0.4) is 0 Å². The van der Waals surface area contributed by atoms with E-state index >= 15 is 0 Å². The van der Waals surface area contributed by atoms with Gasteiger partial charge in [0.05, 0.1) is 5.41 Å². The summed E-state index contributed by atoms with van der Waals surface area (Å²) in [6, 6.07) is 6.29. The number of ketones is 1. The lowest BCUT2D eigenvalue weighted by molar-refractivity contribution is -0.125. The van der Waals surface area contributed by atoms with Gasteiger partial charge in [-0.15, -0.1) is 0 Å². The summed E-state index contributed by atoms with van der Waals surface area (Å²) in [5.41, 5.74) is -0.685. The third kappa shape index (κ3) is 3.41. The van der Waals surface area contributed by atoms with Gasteiger partial charge in [-0.1, -0.05) is 34.7 Å². The summed E-state index contributed by atoms with van der Waals surface area (Å²) in [5.74, 6) is -0.825. The Kier molecular flexibility index (Phi) is 4.72. The second-order valence-corrected chi connectivity index (χ2v) is 8.69. The van der Waals surface area contributed by atoms with E-state index in [0.29, 0.717) is 5.69 Å². The minimum atomic E-state index is -1.06. The molecular formula is C21H21BrN2O3. The van der Waals surface area contributed by atoms with Crippen molar-refractivity contribution in [3.8, 4) is 0 Å². The Morgan fingerprint density at radius 1 is 1.15 bits per heavy atom. The van der Waals surface area contributed by atoms with Crippen molar-refractivity contribution < 1.29 is 14.4 Å². The van der Waals surface area contributed by atoms with Crippen LogP contribution in [0.4, 0.5) is 5.69 Å². The molecule has 2 aliphatic rings. The average Bonchev–Trinajstić information content (AvgIpc) is 2.79. The van der Waals surface area contributed by atoms with Gasteiger partial charge in [-0.05, 0) is 57.2 Å². The predicted octanol–water partition coefficient (Wildman–Crippen LogP) is 3.32. The molecule has 1 aliphatic carbocycles. The fraction of sp³-hybridized carbons (Fsp3) is 0.286. The van der Waals surface area contributed by atoms with Crippen LogP contribution in [0.25, 0.3) is 0 Å². The molecule has 2 amide bonds. The second kappa shape index (κ2) is 6.60. The normalized spacial score (nSPS) is 21.3. The van der Waals surface area contributed by atoms with Gasteiger partial charge in [-0.2, -0.15) is 0 Å². The largest absolute Gasteiger partial charge is 0.350 e. The molecule has 1 aliphatic heterocycles. The Hall–Kier alpha value is -2.47. The molecule has 0 bridgehead atoms. The van der Waals surface area contributed by atoms with Gasteiger partial charge in [0.2, 0.25) is 5.91 Å². The highest BCUT2D eigenvalue weighted by molar-refractivity contribution is 9.10. The molecule has 1 spiro atoms. The van der Waals surface area contributed by atoms with Gasteiger partial charge < -0.3 is 5.32 Å². The number of nitrogens with one attached hydrogen (secondary N) is 1. The Labute approximate surface area is 166 Å². The maximum absolute atomic E-state index is 13.2. The lowest BCUT2D eigenvalue weighted by Crippen LogP contribution is -2.55. The number of rotatable bonds is 2. The van der Waals surface area contributed by atoms with E-state index in [1.807, 2.05) is 32.9 Å². The Bertz CT molecular complexity index is 875. The molecule has 27 heavy (non-hydrogen) atoms. The number of carbonyl (C=O) groups excluding carboxylic acids is 3. The van der Waals surface area contributed by atoms with E-state index in [4.69, 9.17) is 0 Å². The van der Waals surface area contributed by atoms with Crippen LogP contribution in [0.5, 0.6) is 0 Å². The molecule has 1 N–H and O–H groups in total. The van der Waals surface area contributed by atoms with Crippen molar-refractivity contribution in [2.24, 2.45) is 5.41 Å². The lowest BCUT2D eigenvalue weighted by Gasteiger charge is -2.35. The number of halogens is 1. The zero-order valence-electron chi connectivity index (χ0n) is 15.5. The number of hydrogen-bond acceptors (Lipinski definition) is 3. The van der Waals surface area contributed by atoms with Gasteiger partial charge in [0.25, 0.3) is 5.91 Å². The first-order valence-electron chi connectivity index (χ1n) is 8.58. The van der Waals surface area contributed by atoms with Crippen LogP contribution in [-0.2, 0) is 14.4 Å². The third-order valence-corrected chi connectivity index (χ3v) is 5.14. The zero-order chi connectivity index (χ0) is 20.0. The highest BCUT2D eigenvalue weighted by Gasteiger charge is 2.56. The summed E-state index contributed by atoms with van der Waals surface area (Å²) in [6.07, 6.45) is 6.00. The van der Waals surface area contributed by atoms with Gasteiger partial charge >= 0.3 is 0 Å². The molecule has 5 nitrogen and oxygen atoms in total. The van der Waals surface area contributed by atoms with E-state index in [1.54, 1.807) is 24.3 Å². The summed E-state index contributed by atoms with van der Waals surface area (Å²) in [7, 11) is 0. The summed E-state index contributed by atoms with van der Waals surface area (Å²) in [6.45, 7) is 9.60. The van der Waals surface area contributed by atoms with Crippen LogP contribution in [-0.4, -0.2) is 29.2 Å². The van der Waals surface area contributed by atoms with E-state index in [-0.39, 0.29) is 23.2 Å². The zero-order valence-corrected chi connectivity index (χ0v) is 17.0. The minimum absolute atomic E-state index is 0.182. The van der Waals surface area contributed by atoms with Crippen molar-refractivity contribution in [1.82, 2.24) is 5.32 Å². The molecule has 1 aromatic carbocycles. The Morgan fingerprint density at radius 2 is 1.70 bits per heavy atom. The van der Waals surface area contributed by atoms with E-state index in [0.717, 1.165) is 4.47 Å². The maximum Gasteiger partial charge on any atom is 0.255 e. The van der Waals surface area contributed by atoms with Crippen LogP contribution in [0.15, 0.2) is 65.2 Å². The number of carbonyl (C=O) groups is 3. The molecule has 1 saturated heterocycles. The van der Waals surface area contributed by atoms with Crippen molar-refractivity contribution in [2.45, 2.75) is 32.4 Å². The van der Waals surface area contributed by atoms with Crippen LogP contribution in [0.2, 0.25) is 0 Å². The lowest BCUT2D eigenvalue weighted by atomic mass is 9.74. The number of hydrogen-bond donors (Lipinski definition) is 1. The van der Waals surface area contributed by atoms with Crippen molar-refractivity contribution >= 4 is 39.2 Å². The monoisotopic (exact) mass is 428 g/mol. The molecule has 6 heteroatoms. The van der Waals surface area contributed by atoms with Crippen LogP contribution in [0.1, 0.15) is 20.8 Å². The number of allylic oxidation sites excluding steroid dienone is 2. The molecule has 0 radical (unpaired) electrons. The fourth-order valence-electron chi connectivity index (χ4n) is 3.40. The Balaban J connectivity index is 2.15. The van der Waals surface area contributed by atoms with Crippen LogP contribution < -0.4 is 10.2 Å². The first-order valence-corrected chi connectivity index (χ1v) is 9.37. The fourth-order valence-corrected chi connectivity index (χ4v) is 3.67. The number of benzene rings is 1. The quantitative estimate of drug-likeness (QED) is 0.734. The highest BCUT2D eigenvalue weighted by atomic mass is 79.9. The number of nitrogens with zero attached hydrogens (tertiary/aromatic N) is 1. The molecule has 0 unspecified atom stereocenters. The number of anilines is 1. The first-order chi connectivity index (χ1) is 12.5. The van der Waals surface area contributed by atoms with Gasteiger partial charge in [0.1, 0.15) is 6.04 Å². The summed E-state index contributed by atoms with van der Waals surface area (Å²) < 4.78 is 0.866. The van der Waals surface area contributed by atoms with E-state index in [9.17, 15) is 14.4 Å². The van der Waals surface area contributed by atoms with Crippen molar-refractivity contribution in [3.05, 3.63) is 65.2 Å². The number of amides is 2. The molecule has 1 atom stereocenters.